The fourth-order valence-electron chi connectivity index (χ4n) is 2.43. The number of carbonyl (C=O) groups is 1. The van der Waals surface area contributed by atoms with E-state index in [2.05, 4.69) is 4.90 Å². The number of carbonyl (C=O) groups excluding carboxylic acids is 1. The van der Waals surface area contributed by atoms with Crippen molar-refractivity contribution in [2.75, 3.05) is 46.8 Å². The van der Waals surface area contributed by atoms with E-state index in [4.69, 9.17) is 11.6 Å². The molecule has 6 nitrogen and oxygen atoms in total. The Bertz CT molecular complexity index is 638. The van der Waals surface area contributed by atoms with Crippen molar-refractivity contribution < 1.29 is 13.2 Å². The maximum atomic E-state index is 12.6. The number of halogens is 1. The molecular weight excluding hydrogens is 338 g/mol. The van der Waals surface area contributed by atoms with Crippen LogP contribution in [-0.4, -0.2) is 75.2 Å². The Balaban J connectivity index is 1.91. The number of benzene rings is 1. The van der Waals surface area contributed by atoms with Crippen molar-refractivity contribution in [1.82, 2.24) is 14.1 Å². The van der Waals surface area contributed by atoms with Crippen LogP contribution in [0.1, 0.15) is 6.42 Å². The Hall–Kier alpha value is -1.15. The summed E-state index contributed by atoms with van der Waals surface area (Å²) in [5.74, 6) is 0.0845. The molecule has 0 unspecified atom stereocenters. The van der Waals surface area contributed by atoms with Gasteiger partial charge in [-0.05, 0) is 24.3 Å². The van der Waals surface area contributed by atoms with Crippen LogP contribution in [0.2, 0.25) is 5.02 Å². The normalized spacial score (nSPS) is 17.2. The molecule has 2 rings (SSSR count). The van der Waals surface area contributed by atoms with Gasteiger partial charge in [0, 0.05) is 58.3 Å². The van der Waals surface area contributed by atoms with Gasteiger partial charge in [-0.2, -0.15) is 4.31 Å². The summed E-state index contributed by atoms with van der Waals surface area (Å²) in [6.45, 7) is 2.79. The van der Waals surface area contributed by atoms with Gasteiger partial charge >= 0.3 is 0 Å². The number of nitrogens with zero attached hydrogens (tertiary/aromatic N) is 3. The highest BCUT2D eigenvalue weighted by Gasteiger charge is 2.28. The molecular formula is C15H22ClN3O3S. The summed E-state index contributed by atoms with van der Waals surface area (Å²) in [5, 5.41) is 0.513. The third kappa shape index (κ3) is 4.67. The lowest BCUT2D eigenvalue weighted by Gasteiger charge is -2.34. The van der Waals surface area contributed by atoms with Crippen molar-refractivity contribution in [3.63, 3.8) is 0 Å². The molecule has 8 heteroatoms. The van der Waals surface area contributed by atoms with Gasteiger partial charge in [0.15, 0.2) is 0 Å². The monoisotopic (exact) mass is 359 g/mol. The highest BCUT2D eigenvalue weighted by atomic mass is 35.5. The first-order valence-electron chi connectivity index (χ1n) is 7.49. The van der Waals surface area contributed by atoms with E-state index in [0.29, 0.717) is 44.2 Å². The number of piperazine rings is 1. The molecule has 1 fully saturated rings. The molecule has 1 heterocycles. The van der Waals surface area contributed by atoms with Crippen LogP contribution in [0.4, 0.5) is 0 Å². The minimum atomic E-state index is -3.47. The van der Waals surface area contributed by atoms with E-state index in [0.717, 1.165) is 0 Å². The van der Waals surface area contributed by atoms with Gasteiger partial charge in [-0.3, -0.25) is 4.79 Å². The highest BCUT2D eigenvalue weighted by molar-refractivity contribution is 7.89. The Morgan fingerprint density at radius 3 is 2.22 bits per heavy atom. The summed E-state index contributed by atoms with van der Waals surface area (Å²) in [4.78, 5) is 15.6. The first-order valence-corrected chi connectivity index (χ1v) is 9.31. The first kappa shape index (κ1) is 18.2. The van der Waals surface area contributed by atoms with Crippen molar-refractivity contribution in [1.29, 1.82) is 0 Å². The van der Waals surface area contributed by atoms with E-state index in [-0.39, 0.29) is 10.8 Å². The van der Waals surface area contributed by atoms with Crippen molar-refractivity contribution in [2.24, 2.45) is 0 Å². The maximum Gasteiger partial charge on any atom is 0.243 e. The number of sulfonamides is 1. The number of hydrogen-bond donors (Lipinski definition) is 0. The van der Waals surface area contributed by atoms with Gasteiger partial charge in [0.2, 0.25) is 15.9 Å². The van der Waals surface area contributed by atoms with Crippen molar-refractivity contribution >= 4 is 27.5 Å². The molecule has 1 aromatic carbocycles. The van der Waals surface area contributed by atoms with E-state index in [9.17, 15) is 13.2 Å². The van der Waals surface area contributed by atoms with E-state index in [1.54, 1.807) is 31.1 Å². The molecule has 1 aromatic rings. The van der Waals surface area contributed by atoms with Crippen LogP contribution in [0.5, 0.6) is 0 Å². The summed E-state index contributed by atoms with van der Waals surface area (Å²) < 4.78 is 26.6. The molecule has 0 radical (unpaired) electrons. The number of rotatable bonds is 5. The van der Waals surface area contributed by atoms with Crippen LogP contribution in [0.15, 0.2) is 29.2 Å². The number of amides is 1. The van der Waals surface area contributed by atoms with Crippen molar-refractivity contribution in [2.45, 2.75) is 11.3 Å². The predicted octanol–water partition coefficient (Wildman–Crippen LogP) is 1.12. The molecule has 0 spiro atoms. The zero-order valence-corrected chi connectivity index (χ0v) is 15.0. The molecule has 128 valence electrons. The molecule has 1 saturated heterocycles. The zero-order chi connectivity index (χ0) is 17.0. The lowest BCUT2D eigenvalue weighted by Crippen LogP contribution is -2.49. The van der Waals surface area contributed by atoms with Crippen LogP contribution in [0, 0.1) is 0 Å². The van der Waals surface area contributed by atoms with Crippen molar-refractivity contribution in [3.05, 3.63) is 29.3 Å². The second-order valence-electron chi connectivity index (χ2n) is 5.74. The number of hydrogen-bond acceptors (Lipinski definition) is 4. The smallest absolute Gasteiger partial charge is 0.243 e. The quantitative estimate of drug-likeness (QED) is 0.790. The van der Waals surface area contributed by atoms with Gasteiger partial charge < -0.3 is 9.80 Å². The summed E-state index contributed by atoms with van der Waals surface area (Å²) in [6.07, 6.45) is 0.455. The van der Waals surface area contributed by atoms with E-state index in [1.807, 2.05) is 0 Å². The lowest BCUT2D eigenvalue weighted by molar-refractivity contribution is -0.129. The van der Waals surface area contributed by atoms with E-state index < -0.39 is 10.0 Å². The molecule has 1 aliphatic heterocycles. The zero-order valence-electron chi connectivity index (χ0n) is 13.4. The topological polar surface area (TPSA) is 60.9 Å². The van der Waals surface area contributed by atoms with Crippen LogP contribution >= 0.6 is 11.6 Å². The molecule has 0 N–H and O–H groups in total. The van der Waals surface area contributed by atoms with Gasteiger partial charge in [0.1, 0.15) is 0 Å². The average molecular weight is 360 g/mol. The second-order valence-corrected chi connectivity index (χ2v) is 8.11. The molecule has 0 aliphatic carbocycles. The van der Waals surface area contributed by atoms with Crippen LogP contribution in [0.3, 0.4) is 0 Å². The van der Waals surface area contributed by atoms with Crippen LogP contribution in [-0.2, 0) is 14.8 Å². The fraction of sp³-hybridized carbons (Fsp3) is 0.533. The predicted molar refractivity (Wildman–Crippen MR) is 90.0 cm³/mol. The fourth-order valence-corrected chi connectivity index (χ4v) is 3.97. The molecule has 0 bridgehead atoms. The maximum absolute atomic E-state index is 12.6. The first-order chi connectivity index (χ1) is 10.8. The molecule has 0 aromatic heterocycles. The highest BCUT2D eigenvalue weighted by Crippen LogP contribution is 2.19. The Morgan fingerprint density at radius 1 is 1.13 bits per heavy atom. The minimum Gasteiger partial charge on any atom is -0.349 e. The third-order valence-electron chi connectivity index (χ3n) is 3.92. The summed E-state index contributed by atoms with van der Waals surface area (Å²) in [6, 6.07) is 6.22. The van der Waals surface area contributed by atoms with Gasteiger partial charge in [0.05, 0.1) is 4.90 Å². The minimum absolute atomic E-state index is 0.0845. The molecule has 23 heavy (non-hydrogen) atoms. The van der Waals surface area contributed by atoms with Gasteiger partial charge in [0.25, 0.3) is 0 Å². The average Bonchev–Trinajstić information content (AvgIpc) is 2.53. The Morgan fingerprint density at radius 2 is 1.70 bits per heavy atom. The molecule has 0 saturated carbocycles. The second kappa shape index (κ2) is 7.61. The van der Waals surface area contributed by atoms with Crippen LogP contribution in [0.25, 0.3) is 0 Å². The lowest BCUT2D eigenvalue weighted by atomic mass is 10.3. The molecule has 1 amide bonds. The van der Waals surface area contributed by atoms with Gasteiger partial charge in [-0.15, -0.1) is 0 Å². The Labute approximate surface area is 142 Å². The largest absolute Gasteiger partial charge is 0.349 e. The van der Waals surface area contributed by atoms with E-state index >= 15 is 0 Å². The third-order valence-corrected chi connectivity index (χ3v) is 6.09. The van der Waals surface area contributed by atoms with Gasteiger partial charge in [-0.1, -0.05) is 11.6 Å². The van der Waals surface area contributed by atoms with Gasteiger partial charge in [-0.25, -0.2) is 8.42 Å². The van der Waals surface area contributed by atoms with Crippen LogP contribution < -0.4 is 0 Å². The SMILES string of the molecule is CN(C)C(=O)CCN1CCN(S(=O)(=O)c2ccc(Cl)cc2)CC1. The molecule has 1 aliphatic rings. The summed E-state index contributed by atoms with van der Waals surface area (Å²) in [5.41, 5.74) is 0. The summed E-state index contributed by atoms with van der Waals surface area (Å²) in [7, 11) is -0.00391. The van der Waals surface area contributed by atoms with Crippen molar-refractivity contribution in [3.8, 4) is 0 Å². The van der Waals surface area contributed by atoms with E-state index in [1.165, 1.54) is 16.4 Å². The standard InChI is InChI=1S/C15H22ClN3O3S/c1-17(2)15(20)7-8-18-9-11-19(12-10-18)23(21,22)14-5-3-13(16)4-6-14/h3-6H,7-12H2,1-2H3. The Kier molecular flexibility index (Phi) is 6.02. The molecule has 0 atom stereocenters. The summed E-state index contributed by atoms with van der Waals surface area (Å²) >= 11 is 5.80.